The number of para-hydroxylation sites is 1. The van der Waals surface area contributed by atoms with Crippen molar-refractivity contribution >= 4 is 35.0 Å². The number of carbonyl (C=O) groups excluding carboxylic acids is 2. The number of nitrogens with zero attached hydrogens (tertiary/aromatic N) is 2. The number of carbonyl (C=O) groups is 2. The zero-order valence-electron chi connectivity index (χ0n) is 16.7. The molecule has 8 heteroatoms. The molecule has 0 bridgehead atoms. The molecule has 2 heterocycles. The zero-order chi connectivity index (χ0) is 22.5. The SMILES string of the molecule is O=C1CSC2(C(=O)N(Cc3ccccc3)c3ccccc32)N1c1cccc(C(F)(F)F)c1. The molecule has 1 saturated heterocycles. The number of thioether (sulfide) groups is 1. The molecule has 1 unspecified atom stereocenters. The molecule has 1 atom stereocenters. The van der Waals surface area contributed by atoms with Crippen LogP contribution in [0.15, 0.2) is 78.9 Å². The van der Waals surface area contributed by atoms with Crippen LogP contribution in [0.1, 0.15) is 16.7 Å². The summed E-state index contributed by atoms with van der Waals surface area (Å²) >= 11 is 1.15. The van der Waals surface area contributed by atoms with Crippen LogP contribution in [-0.2, 0) is 27.2 Å². The number of alkyl halides is 3. The number of fused-ring (bicyclic) bond motifs is 2. The summed E-state index contributed by atoms with van der Waals surface area (Å²) in [5.74, 6) is -0.745. The number of amides is 2. The van der Waals surface area contributed by atoms with E-state index < -0.39 is 22.5 Å². The van der Waals surface area contributed by atoms with Crippen molar-refractivity contribution in [2.24, 2.45) is 0 Å². The van der Waals surface area contributed by atoms with E-state index in [1.165, 1.54) is 17.0 Å². The van der Waals surface area contributed by atoms with Crippen molar-refractivity contribution in [3.63, 3.8) is 0 Å². The van der Waals surface area contributed by atoms with Gasteiger partial charge in [-0.05, 0) is 29.8 Å². The average Bonchev–Trinajstić information content (AvgIpc) is 3.25. The molecule has 3 aromatic carbocycles. The Morgan fingerprint density at radius 2 is 1.62 bits per heavy atom. The van der Waals surface area contributed by atoms with Gasteiger partial charge in [0.25, 0.3) is 5.91 Å². The molecule has 0 aromatic heterocycles. The zero-order valence-corrected chi connectivity index (χ0v) is 17.5. The third-order valence-electron chi connectivity index (χ3n) is 5.68. The highest BCUT2D eigenvalue weighted by atomic mass is 32.2. The fraction of sp³-hybridized carbons (Fsp3) is 0.167. The lowest BCUT2D eigenvalue weighted by molar-refractivity contribution is -0.137. The molecule has 162 valence electrons. The molecule has 1 spiro atoms. The van der Waals surface area contributed by atoms with Crippen LogP contribution in [0.3, 0.4) is 0 Å². The Hall–Kier alpha value is -3.26. The third kappa shape index (κ3) is 3.09. The summed E-state index contributed by atoms with van der Waals surface area (Å²) < 4.78 is 40.1. The first kappa shape index (κ1) is 20.6. The molecule has 2 aliphatic heterocycles. The van der Waals surface area contributed by atoms with Gasteiger partial charge in [-0.2, -0.15) is 13.2 Å². The quantitative estimate of drug-likeness (QED) is 0.547. The van der Waals surface area contributed by atoms with Gasteiger partial charge in [0.15, 0.2) is 0 Å². The van der Waals surface area contributed by atoms with E-state index in [2.05, 4.69) is 0 Å². The monoisotopic (exact) mass is 454 g/mol. The molecule has 32 heavy (non-hydrogen) atoms. The van der Waals surface area contributed by atoms with Gasteiger partial charge in [-0.3, -0.25) is 14.5 Å². The Kier molecular flexibility index (Phi) is 4.78. The molecule has 0 radical (unpaired) electrons. The van der Waals surface area contributed by atoms with Crippen LogP contribution in [0.25, 0.3) is 0 Å². The van der Waals surface area contributed by atoms with Crippen molar-refractivity contribution < 1.29 is 22.8 Å². The van der Waals surface area contributed by atoms with E-state index in [9.17, 15) is 22.8 Å². The lowest BCUT2D eigenvalue weighted by Crippen LogP contribution is -2.49. The van der Waals surface area contributed by atoms with Crippen LogP contribution < -0.4 is 9.80 Å². The van der Waals surface area contributed by atoms with Crippen molar-refractivity contribution in [3.05, 3.63) is 95.6 Å². The number of hydrogen-bond acceptors (Lipinski definition) is 3. The van der Waals surface area contributed by atoms with Gasteiger partial charge >= 0.3 is 6.18 Å². The van der Waals surface area contributed by atoms with Gasteiger partial charge in [0, 0.05) is 11.3 Å². The van der Waals surface area contributed by atoms with Crippen LogP contribution in [0.4, 0.5) is 24.5 Å². The number of halogens is 3. The summed E-state index contributed by atoms with van der Waals surface area (Å²) in [6.07, 6.45) is -4.56. The highest BCUT2D eigenvalue weighted by molar-refractivity contribution is 8.02. The van der Waals surface area contributed by atoms with E-state index in [1.54, 1.807) is 29.2 Å². The lowest BCUT2D eigenvalue weighted by atomic mass is 10.0. The van der Waals surface area contributed by atoms with Crippen LogP contribution in [0, 0.1) is 0 Å². The first-order valence-electron chi connectivity index (χ1n) is 9.92. The number of hydrogen-bond donors (Lipinski definition) is 0. The highest BCUT2D eigenvalue weighted by Gasteiger charge is 2.61. The molecule has 4 nitrogen and oxygen atoms in total. The van der Waals surface area contributed by atoms with Gasteiger partial charge in [-0.25, -0.2) is 0 Å². The highest BCUT2D eigenvalue weighted by Crippen LogP contribution is 2.56. The Morgan fingerprint density at radius 1 is 0.906 bits per heavy atom. The summed E-state index contributed by atoms with van der Waals surface area (Å²) in [6.45, 7) is 0.295. The molecule has 5 rings (SSSR count). The summed E-state index contributed by atoms with van der Waals surface area (Å²) in [4.78, 5) is 28.3. The van der Waals surface area contributed by atoms with E-state index in [0.717, 1.165) is 29.5 Å². The summed E-state index contributed by atoms with van der Waals surface area (Å²) in [7, 11) is 0. The lowest BCUT2D eigenvalue weighted by Gasteiger charge is -2.33. The molecule has 0 saturated carbocycles. The largest absolute Gasteiger partial charge is 0.416 e. The normalized spacial score (nSPS) is 20.3. The predicted molar refractivity (Wildman–Crippen MR) is 117 cm³/mol. The van der Waals surface area contributed by atoms with Crippen molar-refractivity contribution in [1.82, 2.24) is 0 Å². The number of rotatable bonds is 3. The Labute approximate surface area is 186 Å². The maximum Gasteiger partial charge on any atom is 0.416 e. The van der Waals surface area contributed by atoms with E-state index in [4.69, 9.17) is 0 Å². The van der Waals surface area contributed by atoms with Gasteiger partial charge in [-0.15, -0.1) is 11.8 Å². The van der Waals surface area contributed by atoms with Crippen LogP contribution in [-0.4, -0.2) is 17.6 Å². The summed E-state index contributed by atoms with van der Waals surface area (Å²) in [5.41, 5.74) is 1.36. The standard InChI is InChI=1S/C24H17F3N2O2S/c25-24(26,27)17-9-6-10-18(13-17)29-21(30)15-32-23(29)19-11-4-5-12-20(19)28(22(23)31)14-16-7-2-1-3-8-16/h1-13H,14-15H2. The van der Waals surface area contributed by atoms with Crippen LogP contribution in [0.2, 0.25) is 0 Å². The minimum absolute atomic E-state index is 0.00447. The van der Waals surface area contributed by atoms with Crippen LogP contribution >= 0.6 is 11.8 Å². The molecule has 2 amide bonds. The Bertz CT molecular complexity index is 1220. The summed E-state index contributed by atoms with van der Waals surface area (Å²) in [6, 6.07) is 21.2. The van der Waals surface area contributed by atoms with Crippen molar-refractivity contribution in [2.75, 3.05) is 15.6 Å². The van der Waals surface area contributed by atoms with Crippen molar-refractivity contribution in [1.29, 1.82) is 0 Å². The van der Waals surface area contributed by atoms with E-state index >= 15 is 0 Å². The first-order chi connectivity index (χ1) is 15.3. The van der Waals surface area contributed by atoms with Crippen molar-refractivity contribution in [2.45, 2.75) is 17.6 Å². The van der Waals surface area contributed by atoms with E-state index in [1.807, 2.05) is 30.3 Å². The molecule has 2 aliphatic rings. The van der Waals surface area contributed by atoms with E-state index in [-0.39, 0.29) is 17.3 Å². The molecular weight excluding hydrogens is 437 g/mol. The molecule has 0 N–H and O–H groups in total. The Balaban J connectivity index is 1.64. The predicted octanol–water partition coefficient (Wildman–Crippen LogP) is 5.19. The second kappa shape index (κ2) is 7.41. The van der Waals surface area contributed by atoms with Gasteiger partial charge in [0.05, 0.1) is 23.5 Å². The molecule has 0 aliphatic carbocycles. The summed E-state index contributed by atoms with van der Waals surface area (Å²) in [5, 5.41) is 0. The number of anilines is 2. The Morgan fingerprint density at radius 3 is 2.38 bits per heavy atom. The van der Waals surface area contributed by atoms with Crippen molar-refractivity contribution in [3.8, 4) is 0 Å². The fourth-order valence-corrected chi connectivity index (χ4v) is 5.66. The van der Waals surface area contributed by atoms with E-state index in [0.29, 0.717) is 17.8 Å². The molecular formula is C24H17F3N2O2S. The van der Waals surface area contributed by atoms with Gasteiger partial charge < -0.3 is 4.90 Å². The van der Waals surface area contributed by atoms with Gasteiger partial charge in [0.2, 0.25) is 10.8 Å². The van der Waals surface area contributed by atoms with Crippen LogP contribution in [0.5, 0.6) is 0 Å². The van der Waals surface area contributed by atoms with Gasteiger partial charge in [0.1, 0.15) is 0 Å². The molecule has 1 fully saturated rings. The minimum Gasteiger partial charge on any atom is -0.304 e. The second-order valence-corrected chi connectivity index (χ2v) is 8.77. The van der Waals surface area contributed by atoms with Gasteiger partial charge in [-0.1, -0.05) is 54.6 Å². The maximum atomic E-state index is 13.9. The number of benzene rings is 3. The topological polar surface area (TPSA) is 40.6 Å². The minimum atomic E-state index is -4.56. The second-order valence-electron chi connectivity index (χ2n) is 7.60. The smallest absolute Gasteiger partial charge is 0.304 e. The average molecular weight is 454 g/mol. The first-order valence-corrected chi connectivity index (χ1v) is 10.9. The maximum absolute atomic E-state index is 13.9. The fourth-order valence-electron chi connectivity index (χ4n) is 4.30. The molecule has 3 aromatic rings. The third-order valence-corrected chi connectivity index (χ3v) is 7.07.